The van der Waals surface area contributed by atoms with Crippen LogP contribution in [0.3, 0.4) is 0 Å². The summed E-state index contributed by atoms with van der Waals surface area (Å²) in [6.07, 6.45) is 8.63. The third-order valence-corrected chi connectivity index (χ3v) is 12.8. The van der Waals surface area contributed by atoms with Crippen LogP contribution in [0.15, 0.2) is 42.5 Å². The van der Waals surface area contributed by atoms with Gasteiger partial charge in [-0.1, -0.05) is 46.2 Å². The minimum Gasteiger partial charge on any atom is -0.464 e. The van der Waals surface area contributed by atoms with Gasteiger partial charge in [0, 0.05) is 53.9 Å². The smallest absolute Gasteiger partial charge is 0.305 e. The van der Waals surface area contributed by atoms with E-state index in [1.807, 2.05) is 50.8 Å². The molecule has 4 aliphatic rings. The molecule has 1 spiro atoms. The van der Waals surface area contributed by atoms with Crippen molar-refractivity contribution in [3.8, 4) is 5.75 Å². The summed E-state index contributed by atoms with van der Waals surface area (Å²) in [5, 5.41) is 12.8. The minimum absolute atomic E-state index is 0.0158. The monoisotopic (exact) mass is 713 g/mol. The zero-order valence-electron chi connectivity index (χ0n) is 28.4. The summed E-state index contributed by atoms with van der Waals surface area (Å²) in [6.45, 7) is 8.58. The van der Waals surface area contributed by atoms with E-state index in [9.17, 15) is 14.9 Å². The van der Waals surface area contributed by atoms with Gasteiger partial charge in [0.05, 0.1) is 62.2 Å². The lowest BCUT2D eigenvalue weighted by atomic mass is 9.76. The Morgan fingerprint density at radius 3 is 2.47 bits per heavy atom. The highest BCUT2D eigenvalue weighted by Gasteiger charge is 2.59. The number of benzene rings is 2. The van der Waals surface area contributed by atoms with E-state index in [1.54, 1.807) is 12.1 Å². The lowest BCUT2D eigenvalue weighted by molar-refractivity contribution is -0.384. The Labute approximate surface area is 296 Å². The van der Waals surface area contributed by atoms with E-state index in [-0.39, 0.29) is 23.2 Å². The van der Waals surface area contributed by atoms with Crippen LogP contribution < -0.4 is 14.5 Å². The van der Waals surface area contributed by atoms with Crippen LogP contribution in [0.4, 0.5) is 17.1 Å². The first-order valence-corrected chi connectivity index (χ1v) is 19.7. The Kier molecular flexibility index (Phi) is 12.0. The number of hydrogen-bond acceptors (Lipinski definition) is 12. The van der Waals surface area contributed by atoms with Gasteiger partial charge in [-0.05, 0) is 56.9 Å². The number of carbonyl (C=O) groups excluding carboxylic acids is 1. The number of hydrogen-bond donors (Lipinski definition) is 0. The second-order valence-corrected chi connectivity index (χ2v) is 16.0. The highest BCUT2D eigenvalue weighted by atomic mass is 33.1. The molecule has 0 N–H and O–H groups in total. The van der Waals surface area contributed by atoms with Gasteiger partial charge in [0.15, 0.2) is 5.75 Å². The van der Waals surface area contributed by atoms with E-state index in [1.165, 1.54) is 12.2 Å². The molecule has 11 nitrogen and oxygen atoms in total. The van der Waals surface area contributed by atoms with E-state index in [0.29, 0.717) is 87.9 Å². The largest absolute Gasteiger partial charge is 0.464 e. The van der Waals surface area contributed by atoms with Crippen LogP contribution in [0.1, 0.15) is 57.1 Å². The average Bonchev–Trinajstić information content (AvgIpc) is 3.67. The summed E-state index contributed by atoms with van der Waals surface area (Å²) < 4.78 is 30.2. The average molecular weight is 714 g/mol. The van der Waals surface area contributed by atoms with Crippen LogP contribution in [0.5, 0.6) is 5.75 Å². The van der Waals surface area contributed by atoms with Crippen LogP contribution in [0.25, 0.3) is 6.08 Å². The van der Waals surface area contributed by atoms with Gasteiger partial charge in [0.2, 0.25) is 5.72 Å². The molecule has 2 aromatic rings. The standard InChI is InChI=1S/C36H47N3O8S2/c1-35(2)30-8-4-5-9-31(30)38(16-19-46-33(40)10-6-3-7-29-12-24-48-49-29)36(35)13-11-27-25-28(39(41)42)26-32(34(27)47-36)37-14-17-43-20-22-45-23-21-44-18-15-37/h4-5,8-9,11,13,25-26,29H,3,6-7,10,12,14-24H2,1-2H3. The number of anilines is 2. The van der Waals surface area contributed by atoms with Crippen molar-refractivity contribution < 1.29 is 33.4 Å². The van der Waals surface area contributed by atoms with Crippen molar-refractivity contribution in [3.05, 3.63) is 63.7 Å². The Hall–Kier alpha value is -2.97. The molecule has 2 saturated heterocycles. The highest BCUT2D eigenvalue weighted by Crippen LogP contribution is 2.56. The SMILES string of the molecule is CC1(C)c2ccccc2N(CCOC(=O)CCCCC2CCSS2)C12C=Cc1cc([N+](=O)[O-])cc(N3CCOCCOCCOCC3)c1O2. The second kappa shape index (κ2) is 16.4. The normalized spacial score (nSPS) is 23.7. The predicted octanol–water partition coefficient (Wildman–Crippen LogP) is 6.62. The van der Waals surface area contributed by atoms with E-state index < -0.39 is 11.1 Å². The van der Waals surface area contributed by atoms with Crippen LogP contribution in [-0.2, 0) is 29.2 Å². The molecule has 266 valence electrons. The van der Waals surface area contributed by atoms with Crippen molar-refractivity contribution in [1.29, 1.82) is 0 Å². The molecule has 49 heavy (non-hydrogen) atoms. The fraction of sp³-hybridized carbons (Fsp3) is 0.583. The fourth-order valence-corrected chi connectivity index (χ4v) is 10.1. The zero-order chi connectivity index (χ0) is 34.3. The number of nitro groups is 1. The van der Waals surface area contributed by atoms with Gasteiger partial charge in [0.25, 0.3) is 5.69 Å². The lowest BCUT2D eigenvalue weighted by Gasteiger charge is -2.47. The van der Waals surface area contributed by atoms with Crippen molar-refractivity contribution in [1.82, 2.24) is 0 Å². The molecular formula is C36H47N3O8S2. The van der Waals surface area contributed by atoms with Gasteiger partial charge in [-0.25, -0.2) is 0 Å². The molecule has 6 rings (SSSR count). The molecule has 0 bridgehead atoms. The van der Waals surface area contributed by atoms with E-state index >= 15 is 0 Å². The number of para-hydroxylation sites is 1. The summed E-state index contributed by atoms with van der Waals surface area (Å²) >= 11 is 0. The number of carbonyl (C=O) groups is 1. The topological polar surface area (TPSA) is 113 Å². The molecule has 13 heteroatoms. The molecule has 2 unspecified atom stereocenters. The predicted molar refractivity (Wildman–Crippen MR) is 195 cm³/mol. The summed E-state index contributed by atoms with van der Waals surface area (Å²) in [5.41, 5.74) is 1.81. The number of fused-ring (bicyclic) bond motifs is 2. The van der Waals surface area contributed by atoms with Gasteiger partial charge in [-0.15, -0.1) is 0 Å². The van der Waals surface area contributed by atoms with Crippen molar-refractivity contribution in [3.63, 3.8) is 0 Å². The number of rotatable bonds is 10. The first-order valence-electron chi connectivity index (χ1n) is 17.3. The van der Waals surface area contributed by atoms with Gasteiger partial charge in [0.1, 0.15) is 6.61 Å². The number of nitrogens with zero attached hydrogens (tertiary/aromatic N) is 3. The Bertz CT molecular complexity index is 1490. The quantitative estimate of drug-likeness (QED) is 0.0867. The molecule has 2 fully saturated rings. The summed E-state index contributed by atoms with van der Waals surface area (Å²) in [6, 6.07) is 11.4. The third-order valence-electron chi connectivity index (χ3n) is 9.76. The third kappa shape index (κ3) is 8.01. The minimum atomic E-state index is -0.991. The molecular weight excluding hydrogens is 667 g/mol. The van der Waals surface area contributed by atoms with Gasteiger partial charge >= 0.3 is 5.97 Å². The molecule has 0 aliphatic carbocycles. The molecule has 0 saturated carbocycles. The first kappa shape index (κ1) is 35.8. The molecule has 0 amide bonds. The van der Waals surface area contributed by atoms with Crippen molar-refractivity contribution >= 4 is 50.7 Å². The lowest BCUT2D eigenvalue weighted by Crippen LogP contribution is -2.60. The number of nitro benzene ring substituents is 1. The van der Waals surface area contributed by atoms with Crippen molar-refractivity contribution in [2.45, 2.75) is 62.3 Å². The van der Waals surface area contributed by atoms with Crippen LogP contribution >= 0.6 is 21.6 Å². The maximum absolute atomic E-state index is 12.8. The van der Waals surface area contributed by atoms with Gasteiger partial charge < -0.3 is 33.5 Å². The Morgan fingerprint density at radius 2 is 1.76 bits per heavy atom. The highest BCUT2D eigenvalue weighted by molar-refractivity contribution is 8.77. The van der Waals surface area contributed by atoms with Crippen molar-refractivity contribution in [2.75, 3.05) is 81.4 Å². The van der Waals surface area contributed by atoms with E-state index in [0.717, 1.165) is 30.5 Å². The van der Waals surface area contributed by atoms with Gasteiger partial charge in [-0.3, -0.25) is 14.9 Å². The number of non-ortho nitro benzene ring substituents is 1. The summed E-state index contributed by atoms with van der Waals surface area (Å²) in [7, 11) is 3.92. The number of unbranched alkanes of at least 4 members (excludes halogenated alkanes) is 1. The molecule has 4 aliphatic heterocycles. The van der Waals surface area contributed by atoms with Crippen molar-refractivity contribution in [2.24, 2.45) is 0 Å². The molecule has 0 aromatic heterocycles. The molecule has 0 radical (unpaired) electrons. The molecule has 4 heterocycles. The van der Waals surface area contributed by atoms with E-state index in [4.69, 9.17) is 23.7 Å². The summed E-state index contributed by atoms with van der Waals surface area (Å²) in [5.74, 6) is 1.60. The second-order valence-electron chi connectivity index (χ2n) is 13.2. The maximum Gasteiger partial charge on any atom is 0.305 e. The Morgan fingerprint density at radius 1 is 1.02 bits per heavy atom. The maximum atomic E-state index is 12.8. The van der Waals surface area contributed by atoms with Crippen LogP contribution in [0.2, 0.25) is 0 Å². The zero-order valence-corrected chi connectivity index (χ0v) is 30.1. The van der Waals surface area contributed by atoms with Crippen LogP contribution in [0, 0.1) is 10.1 Å². The molecule has 2 atom stereocenters. The van der Waals surface area contributed by atoms with E-state index in [2.05, 4.69) is 30.9 Å². The number of ether oxygens (including phenoxy) is 5. The first-order chi connectivity index (χ1) is 23.8. The molecule has 2 aromatic carbocycles. The fourth-order valence-electron chi connectivity index (χ4n) is 7.07. The summed E-state index contributed by atoms with van der Waals surface area (Å²) in [4.78, 5) is 28.7. The van der Waals surface area contributed by atoms with Gasteiger partial charge in [-0.2, -0.15) is 0 Å². The van der Waals surface area contributed by atoms with Crippen LogP contribution in [-0.4, -0.2) is 93.5 Å². The number of esters is 1. The Balaban J connectivity index is 1.24.